The molecular weight excluding hydrogens is 543 g/mol. The monoisotopic (exact) mass is 570 g/mol. The molecule has 0 aliphatic carbocycles. The Morgan fingerprint density at radius 3 is 2.68 bits per heavy atom. The molecule has 0 aliphatic heterocycles. The van der Waals surface area contributed by atoms with E-state index in [2.05, 4.69) is 37.8 Å². The summed E-state index contributed by atoms with van der Waals surface area (Å²) in [5.74, 6) is 1.00. The number of furan rings is 1. The maximum absolute atomic E-state index is 15.1. The highest BCUT2D eigenvalue weighted by Gasteiger charge is 2.15. The van der Waals surface area contributed by atoms with Gasteiger partial charge in [-0.2, -0.15) is 5.10 Å². The van der Waals surface area contributed by atoms with Gasteiger partial charge in [0, 0.05) is 35.3 Å². The average Bonchev–Trinajstić information content (AvgIpc) is 3.58. The Bertz CT molecular complexity index is 1950. The lowest BCUT2D eigenvalue weighted by Crippen LogP contribution is -2.21. The summed E-state index contributed by atoms with van der Waals surface area (Å²) in [4.78, 5) is 8.68. The lowest BCUT2D eigenvalue weighted by Gasteiger charge is -2.10. The van der Waals surface area contributed by atoms with Crippen LogP contribution in [0, 0.1) is 5.82 Å². The summed E-state index contributed by atoms with van der Waals surface area (Å²) in [5.41, 5.74) is 3.71. The number of anilines is 2. The fourth-order valence-corrected chi connectivity index (χ4v) is 5.15. The summed E-state index contributed by atoms with van der Waals surface area (Å²) in [6.45, 7) is 1.30. The third-order valence-corrected chi connectivity index (χ3v) is 7.63. The van der Waals surface area contributed by atoms with Gasteiger partial charge in [0.15, 0.2) is 0 Å². The molecule has 0 amide bonds. The highest BCUT2D eigenvalue weighted by Crippen LogP contribution is 2.32. The molecule has 41 heavy (non-hydrogen) atoms. The van der Waals surface area contributed by atoms with Gasteiger partial charge in [0.1, 0.15) is 39.3 Å². The van der Waals surface area contributed by atoms with E-state index in [1.165, 1.54) is 24.2 Å². The molecule has 3 aromatic heterocycles. The topological polar surface area (TPSA) is 115 Å². The van der Waals surface area contributed by atoms with Crippen LogP contribution in [0.2, 0.25) is 0 Å². The van der Waals surface area contributed by atoms with Gasteiger partial charge in [0.2, 0.25) is 0 Å². The zero-order valence-corrected chi connectivity index (χ0v) is 23.0. The van der Waals surface area contributed by atoms with Crippen molar-refractivity contribution in [1.82, 2.24) is 25.1 Å². The van der Waals surface area contributed by atoms with E-state index < -0.39 is 15.7 Å². The van der Waals surface area contributed by atoms with E-state index in [4.69, 9.17) is 4.42 Å². The number of hydrogen-bond donors (Lipinski definition) is 2. The highest BCUT2D eigenvalue weighted by atomic mass is 32.2. The zero-order valence-electron chi connectivity index (χ0n) is 22.2. The summed E-state index contributed by atoms with van der Waals surface area (Å²) in [5, 5.41) is 12.5. The van der Waals surface area contributed by atoms with E-state index in [0.717, 1.165) is 16.6 Å². The predicted octanol–water partition coefficient (Wildman–Crippen LogP) is 5.30. The molecule has 9 nitrogen and oxygen atoms in total. The Hall–Kier alpha value is -4.61. The smallest absolute Gasteiger partial charge is 0.148 e. The summed E-state index contributed by atoms with van der Waals surface area (Å²) < 4.78 is 45.6. The fraction of sp³-hybridized carbons (Fsp3) is 0.167. The molecule has 0 radical (unpaired) electrons. The number of nitrogens with zero attached hydrogens (tertiary/aromatic N) is 4. The first kappa shape index (κ1) is 26.6. The quantitative estimate of drug-likeness (QED) is 0.213. The van der Waals surface area contributed by atoms with Crippen LogP contribution in [0.25, 0.3) is 33.1 Å². The normalized spacial score (nSPS) is 11.9. The van der Waals surface area contributed by atoms with Gasteiger partial charge in [-0.15, -0.1) is 0 Å². The van der Waals surface area contributed by atoms with Crippen LogP contribution in [0.3, 0.4) is 0 Å². The van der Waals surface area contributed by atoms with Gasteiger partial charge in [-0.3, -0.25) is 4.68 Å². The number of rotatable bonds is 10. The van der Waals surface area contributed by atoms with Crippen LogP contribution in [-0.2, 0) is 22.9 Å². The number of sulfone groups is 1. The first-order valence-corrected chi connectivity index (χ1v) is 15.1. The van der Waals surface area contributed by atoms with Crippen molar-refractivity contribution in [2.24, 2.45) is 0 Å². The molecule has 0 atom stereocenters. The predicted molar refractivity (Wildman–Crippen MR) is 157 cm³/mol. The minimum Gasteiger partial charge on any atom is -0.460 e. The van der Waals surface area contributed by atoms with E-state index in [1.54, 1.807) is 18.2 Å². The van der Waals surface area contributed by atoms with E-state index in [0.29, 0.717) is 47.9 Å². The van der Waals surface area contributed by atoms with E-state index in [1.807, 2.05) is 47.3 Å². The SMILES string of the molecule is CS(=O)(=O)CCNCc1ccc(-c2cc3c(Nc4ccc5c(cnn5Cc5ccccc5)c4)ncnc3cc2F)o1. The molecule has 11 heteroatoms. The number of hydrogen-bond acceptors (Lipinski definition) is 8. The number of nitrogens with one attached hydrogen (secondary N) is 2. The largest absolute Gasteiger partial charge is 0.460 e. The Balaban J connectivity index is 1.24. The number of aromatic nitrogens is 4. The van der Waals surface area contributed by atoms with Crippen molar-refractivity contribution in [1.29, 1.82) is 0 Å². The molecule has 2 N–H and O–H groups in total. The van der Waals surface area contributed by atoms with Crippen LogP contribution in [-0.4, -0.2) is 46.7 Å². The maximum Gasteiger partial charge on any atom is 0.148 e. The first-order valence-electron chi connectivity index (χ1n) is 13.0. The number of halogens is 1. The minimum atomic E-state index is -3.06. The van der Waals surface area contributed by atoms with Gasteiger partial charge in [0.25, 0.3) is 0 Å². The Morgan fingerprint density at radius 1 is 1.00 bits per heavy atom. The molecule has 0 aliphatic rings. The van der Waals surface area contributed by atoms with Gasteiger partial charge >= 0.3 is 0 Å². The molecule has 3 heterocycles. The Morgan fingerprint density at radius 2 is 1.85 bits per heavy atom. The van der Waals surface area contributed by atoms with Crippen LogP contribution in [0.5, 0.6) is 0 Å². The zero-order chi connectivity index (χ0) is 28.4. The lowest BCUT2D eigenvalue weighted by molar-refractivity contribution is 0.494. The van der Waals surface area contributed by atoms with Crippen LogP contribution >= 0.6 is 0 Å². The van der Waals surface area contributed by atoms with Gasteiger partial charge in [-0.05, 0) is 42.0 Å². The third-order valence-electron chi connectivity index (χ3n) is 6.68. The van der Waals surface area contributed by atoms with Crippen molar-refractivity contribution in [3.8, 4) is 11.3 Å². The number of fused-ring (bicyclic) bond motifs is 2. The van der Waals surface area contributed by atoms with Gasteiger partial charge in [0.05, 0.1) is 41.6 Å². The highest BCUT2D eigenvalue weighted by molar-refractivity contribution is 7.90. The number of benzene rings is 3. The van der Waals surface area contributed by atoms with Gasteiger partial charge < -0.3 is 15.1 Å². The average molecular weight is 571 g/mol. The molecule has 0 saturated heterocycles. The van der Waals surface area contributed by atoms with Crippen LogP contribution in [0.1, 0.15) is 11.3 Å². The summed E-state index contributed by atoms with van der Waals surface area (Å²) in [7, 11) is -3.06. The Kier molecular flexibility index (Phi) is 7.21. The molecule has 0 unspecified atom stereocenters. The molecule has 0 saturated carbocycles. The van der Waals surface area contributed by atoms with E-state index in [-0.39, 0.29) is 11.3 Å². The second-order valence-corrected chi connectivity index (χ2v) is 12.1. The lowest BCUT2D eigenvalue weighted by atomic mass is 10.1. The molecule has 0 bridgehead atoms. The van der Waals surface area contributed by atoms with Crippen LogP contribution in [0.15, 0.2) is 89.7 Å². The van der Waals surface area contributed by atoms with Crippen molar-refractivity contribution in [3.05, 3.63) is 102 Å². The van der Waals surface area contributed by atoms with Crippen molar-refractivity contribution >= 4 is 43.1 Å². The molecule has 0 fully saturated rings. The van der Waals surface area contributed by atoms with Crippen molar-refractivity contribution in [3.63, 3.8) is 0 Å². The molecular formula is C30H27FN6O3S. The Labute approximate surface area is 236 Å². The molecule has 0 spiro atoms. The van der Waals surface area contributed by atoms with Crippen molar-refractivity contribution in [2.75, 3.05) is 23.9 Å². The van der Waals surface area contributed by atoms with Gasteiger partial charge in [-0.1, -0.05) is 30.3 Å². The summed E-state index contributed by atoms with van der Waals surface area (Å²) in [6.07, 6.45) is 4.42. The van der Waals surface area contributed by atoms with E-state index in [9.17, 15) is 8.42 Å². The second kappa shape index (κ2) is 11.1. The van der Waals surface area contributed by atoms with Crippen molar-refractivity contribution in [2.45, 2.75) is 13.1 Å². The minimum absolute atomic E-state index is 0.0264. The van der Waals surface area contributed by atoms with Crippen molar-refractivity contribution < 1.29 is 17.2 Å². The fourth-order valence-electron chi connectivity index (χ4n) is 4.64. The third kappa shape index (κ3) is 6.11. The summed E-state index contributed by atoms with van der Waals surface area (Å²) >= 11 is 0. The van der Waals surface area contributed by atoms with Gasteiger partial charge in [-0.25, -0.2) is 22.8 Å². The second-order valence-electron chi connectivity index (χ2n) is 9.83. The molecule has 3 aromatic carbocycles. The molecule has 208 valence electrons. The molecule has 6 rings (SSSR count). The standard InChI is InChI=1S/C30H27FN6O3S/c1-41(38,39)12-11-32-17-23-8-10-29(40-23)24-14-25-27(15-26(24)31)33-19-34-30(25)36-22-7-9-28-21(13-22)16-35-37(28)18-20-5-3-2-4-6-20/h2-10,13-16,19,32H,11-12,17-18H2,1H3,(H,33,34,36). The van der Waals surface area contributed by atoms with Crippen LogP contribution in [0.4, 0.5) is 15.9 Å². The summed E-state index contributed by atoms with van der Waals surface area (Å²) in [6, 6.07) is 22.6. The maximum atomic E-state index is 15.1. The first-order chi connectivity index (χ1) is 19.8. The van der Waals surface area contributed by atoms with Crippen LogP contribution < -0.4 is 10.6 Å². The van der Waals surface area contributed by atoms with E-state index >= 15 is 4.39 Å². The molecule has 6 aromatic rings.